The van der Waals surface area contributed by atoms with E-state index in [0.29, 0.717) is 16.5 Å². The average molecular weight is 342 g/mol. The fourth-order valence-electron chi connectivity index (χ4n) is 2.71. The highest BCUT2D eigenvalue weighted by molar-refractivity contribution is 6.30. The molecule has 0 aliphatic rings. The van der Waals surface area contributed by atoms with E-state index < -0.39 is 0 Å². The third kappa shape index (κ3) is 2.66. The summed E-state index contributed by atoms with van der Waals surface area (Å²) < 4.78 is 12.5. The lowest BCUT2D eigenvalue weighted by Crippen LogP contribution is -1.99. The molecule has 5 nitrogen and oxygen atoms in total. The molecule has 122 valence electrons. The second-order valence-corrected chi connectivity index (χ2v) is 5.78. The molecule has 1 unspecified atom stereocenters. The minimum Gasteiger partial charge on any atom is -0.493 e. The van der Waals surface area contributed by atoms with Gasteiger partial charge in [0.05, 0.1) is 42.6 Å². The first-order valence-electron chi connectivity index (χ1n) is 7.38. The number of rotatable bonds is 4. The van der Waals surface area contributed by atoms with Crippen molar-refractivity contribution in [2.45, 2.75) is 12.8 Å². The van der Waals surface area contributed by atoms with Crippen LogP contribution in [0.1, 0.15) is 18.5 Å². The zero-order chi connectivity index (χ0) is 17.3. The zero-order valence-electron chi connectivity index (χ0n) is 13.6. The Kier molecular flexibility index (Phi) is 4.32. The van der Waals surface area contributed by atoms with Crippen molar-refractivity contribution in [3.63, 3.8) is 0 Å². The number of methoxy groups -OCH3 is 2. The average Bonchev–Trinajstić information content (AvgIpc) is 2.98. The number of benzene rings is 1. The largest absolute Gasteiger partial charge is 0.493 e. The number of nitriles is 1. The molecule has 0 saturated heterocycles. The molecule has 0 amide bonds. The summed E-state index contributed by atoms with van der Waals surface area (Å²) in [5, 5.41) is 10.0. The van der Waals surface area contributed by atoms with Gasteiger partial charge in [0, 0.05) is 11.8 Å². The molecule has 1 aromatic carbocycles. The lowest BCUT2D eigenvalue weighted by atomic mass is 10.0. The van der Waals surface area contributed by atoms with Crippen molar-refractivity contribution in [1.29, 1.82) is 5.26 Å². The summed E-state index contributed by atoms with van der Waals surface area (Å²) in [7, 11) is 3.18. The minimum absolute atomic E-state index is 0.346. The lowest BCUT2D eigenvalue weighted by molar-refractivity contribution is 0.355. The maximum Gasteiger partial charge on any atom is 0.161 e. The predicted octanol–water partition coefficient (Wildman–Crippen LogP) is 4.30. The van der Waals surface area contributed by atoms with Gasteiger partial charge in [-0.15, -0.1) is 0 Å². The number of hydrogen-bond acceptors (Lipinski definition) is 4. The molecule has 0 spiro atoms. The Hall–Kier alpha value is -2.71. The van der Waals surface area contributed by atoms with Crippen LogP contribution in [0.25, 0.3) is 16.9 Å². The van der Waals surface area contributed by atoms with Crippen molar-refractivity contribution in [2.24, 2.45) is 0 Å². The standard InChI is InChI=1S/C18H16ClN3O2/c1-11(9-20)18-17(21-16-7-5-13(19)10-22(16)18)12-4-6-14(23-2)15(8-12)24-3/h4-8,10-11H,1-3H3. The quantitative estimate of drug-likeness (QED) is 0.710. The van der Waals surface area contributed by atoms with Crippen LogP contribution in [0.15, 0.2) is 36.5 Å². The fraction of sp³-hybridized carbons (Fsp3) is 0.222. The molecule has 0 saturated carbocycles. The van der Waals surface area contributed by atoms with Crippen molar-refractivity contribution in [1.82, 2.24) is 9.38 Å². The number of halogens is 1. The molecule has 24 heavy (non-hydrogen) atoms. The summed E-state index contributed by atoms with van der Waals surface area (Å²) >= 11 is 6.11. The van der Waals surface area contributed by atoms with Gasteiger partial charge in [-0.1, -0.05) is 11.6 Å². The van der Waals surface area contributed by atoms with Gasteiger partial charge in [-0.3, -0.25) is 0 Å². The van der Waals surface area contributed by atoms with Crippen LogP contribution in [-0.4, -0.2) is 23.6 Å². The van der Waals surface area contributed by atoms with Crippen molar-refractivity contribution < 1.29 is 9.47 Å². The maximum absolute atomic E-state index is 9.42. The molecule has 0 radical (unpaired) electrons. The van der Waals surface area contributed by atoms with E-state index in [1.165, 1.54) is 0 Å². The fourth-order valence-corrected chi connectivity index (χ4v) is 2.87. The van der Waals surface area contributed by atoms with Gasteiger partial charge in [-0.05, 0) is 37.3 Å². The summed E-state index contributed by atoms with van der Waals surface area (Å²) in [6.07, 6.45) is 1.78. The molecule has 3 rings (SSSR count). The highest BCUT2D eigenvalue weighted by Crippen LogP contribution is 2.36. The summed E-state index contributed by atoms with van der Waals surface area (Å²) in [5.74, 6) is 0.908. The first-order valence-corrected chi connectivity index (χ1v) is 7.76. The van der Waals surface area contributed by atoms with E-state index in [0.717, 1.165) is 22.6 Å². The monoisotopic (exact) mass is 341 g/mol. The van der Waals surface area contributed by atoms with Gasteiger partial charge in [0.15, 0.2) is 11.5 Å². The van der Waals surface area contributed by atoms with Crippen LogP contribution in [0, 0.1) is 11.3 Å². The van der Waals surface area contributed by atoms with Gasteiger partial charge in [-0.2, -0.15) is 5.26 Å². The van der Waals surface area contributed by atoms with E-state index in [9.17, 15) is 5.26 Å². The van der Waals surface area contributed by atoms with E-state index in [2.05, 4.69) is 11.1 Å². The molecule has 6 heteroatoms. The Balaban J connectivity index is 2.28. The van der Waals surface area contributed by atoms with Gasteiger partial charge >= 0.3 is 0 Å². The Bertz CT molecular complexity index is 943. The number of ether oxygens (including phenoxy) is 2. The highest BCUT2D eigenvalue weighted by atomic mass is 35.5. The van der Waals surface area contributed by atoms with Crippen molar-refractivity contribution in [2.75, 3.05) is 14.2 Å². The Labute approximate surface area is 145 Å². The van der Waals surface area contributed by atoms with Crippen LogP contribution in [0.3, 0.4) is 0 Å². The first kappa shape index (κ1) is 16.2. The molecule has 1 atom stereocenters. The normalized spacial score (nSPS) is 12.0. The van der Waals surface area contributed by atoms with E-state index in [1.54, 1.807) is 26.5 Å². The highest BCUT2D eigenvalue weighted by Gasteiger charge is 2.20. The summed E-state index contributed by atoms with van der Waals surface area (Å²) in [5.41, 5.74) is 3.11. The Morgan fingerprint density at radius 2 is 1.92 bits per heavy atom. The molecule has 0 aliphatic heterocycles. The minimum atomic E-state index is -0.346. The third-order valence-electron chi connectivity index (χ3n) is 3.88. The van der Waals surface area contributed by atoms with E-state index in [4.69, 9.17) is 21.1 Å². The molecular formula is C18H16ClN3O2. The van der Waals surface area contributed by atoms with Crippen LogP contribution < -0.4 is 9.47 Å². The molecule has 0 fully saturated rings. The number of aromatic nitrogens is 2. The maximum atomic E-state index is 9.42. The third-order valence-corrected chi connectivity index (χ3v) is 4.10. The molecule has 0 N–H and O–H groups in total. The van der Waals surface area contributed by atoms with Gasteiger partial charge in [0.2, 0.25) is 0 Å². The van der Waals surface area contributed by atoms with Crippen molar-refractivity contribution >= 4 is 17.2 Å². The number of hydrogen-bond donors (Lipinski definition) is 0. The number of fused-ring (bicyclic) bond motifs is 1. The van der Waals surface area contributed by atoms with Gasteiger partial charge in [0.25, 0.3) is 0 Å². The number of pyridine rings is 1. The summed E-state index contributed by atoms with van der Waals surface area (Å²) in [6, 6.07) is 11.5. The topological polar surface area (TPSA) is 59.5 Å². The Morgan fingerprint density at radius 3 is 2.58 bits per heavy atom. The molecule has 0 bridgehead atoms. The predicted molar refractivity (Wildman–Crippen MR) is 92.8 cm³/mol. The number of imidazole rings is 1. The van der Waals surface area contributed by atoms with E-state index >= 15 is 0 Å². The molecule has 3 aromatic rings. The first-order chi connectivity index (χ1) is 11.6. The molecular weight excluding hydrogens is 326 g/mol. The van der Waals surface area contributed by atoms with Crippen LogP contribution in [0.4, 0.5) is 0 Å². The zero-order valence-corrected chi connectivity index (χ0v) is 14.3. The SMILES string of the molecule is COc1ccc(-c2nc3ccc(Cl)cn3c2C(C)C#N)cc1OC. The van der Waals surface area contributed by atoms with Crippen LogP contribution in [0.5, 0.6) is 11.5 Å². The van der Waals surface area contributed by atoms with Gasteiger partial charge in [-0.25, -0.2) is 4.98 Å². The smallest absolute Gasteiger partial charge is 0.161 e. The van der Waals surface area contributed by atoms with Crippen LogP contribution >= 0.6 is 11.6 Å². The second-order valence-electron chi connectivity index (χ2n) is 5.34. The molecule has 2 aromatic heterocycles. The Morgan fingerprint density at radius 1 is 1.17 bits per heavy atom. The van der Waals surface area contributed by atoms with Crippen molar-refractivity contribution in [3.8, 4) is 28.8 Å². The van der Waals surface area contributed by atoms with Crippen LogP contribution in [-0.2, 0) is 0 Å². The molecule has 0 aliphatic carbocycles. The van der Waals surface area contributed by atoms with Gasteiger partial charge in [0.1, 0.15) is 5.65 Å². The van der Waals surface area contributed by atoms with Gasteiger partial charge < -0.3 is 13.9 Å². The van der Waals surface area contributed by atoms with E-state index in [1.807, 2.05) is 35.6 Å². The molecule has 2 heterocycles. The summed E-state index contributed by atoms with van der Waals surface area (Å²) in [6.45, 7) is 1.84. The lowest BCUT2D eigenvalue weighted by Gasteiger charge is -2.10. The van der Waals surface area contributed by atoms with Crippen LogP contribution in [0.2, 0.25) is 5.02 Å². The number of nitrogens with zero attached hydrogens (tertiary/aromatic N) is 3. The second kappa shape index (κ2) is 6.42. The summed E-state index contributed by atoms with van der Waals surface area (Å²) in [4.78, 5) is 4.68. The van der Waals surface area contributed by atoms with Crippen molar-refractivity contribution in [3.05, 3.63) is 47.2 Å². The van der Waals surface area contributed by atoms with E-state index in [-0.39, 0.29) is 5.92 Å².